The lowest BCUT2D eigenvalue weighted by Gasteiger charge is -2.29. The van der Waals surface area contributed by atoms with Crippen LogP contribution in [0.2, 0.25) is 0 Å². The number of carboxylic acid groups (broad SMARTS) is 1. The molecule has 2 fully saturated rings. The monoisotopic (exact) mass is 306 g/mol. The number of aliphatic carboxylic acids is 1. The fourth-order valence-corrected chi connectivity index (χ4v) is 3.98. The normalized spacial score (nSPS) is 28.6. The number of nitrogens with one attached hydrogen (secondary N) is 1. The van der Waals surface area contributed by atoms with E-state index in [1.807, 2.05) is 0 Å². The Morgan fingerprint density at radius 2 is 2.15 bits per heavy atom. The molecule has 0 aromatic rings. The maximum Gasteiger partial charge on any atom is 0.307 e. The van der Waals surface area contributed by atoms with Crippen LogP contribution in [0.3, 0.4) is 0 Å². The van der Waals surface area contributed by atoms with Crippen molar-refractivity contribution in [1.29, 1.82) is 0 Å². The molecular formula is C12H22N2O5S. The first-order valence-electron chi connectivity index (χ1n) is 7.08. The highest BCUT2D eigenvalue weighted by molar-refractivity contribution is 7.87. The van der Waals surface area contributed by atoms with Crippen molar-refractivity contribution in [3.8, 4) is 0 Å². The zero-order valence-corrected chi connectivity index (χ0v) is 12.3. The van der Waals surface area contributed by atoms with Gasteiger partial charge in [-0.2, -0.15) is 12.7 Å². The molecule has 0 aliphatic carbocycles. The molecule has 20 heavy (non-hydrogen) atoms. The second-order valence-corrected chi connectivity index (χ2v) is 7.11. The van der Waals surface area contributed by atoms with E-state index in [0.717, 1.165) is 19.4 Å². The Morgan fingerprint density at radius 1 is 1.35 bits per heavy atom. The minimum absolute atomic E-state index is 0.0601. The lowest BCUT2D eigenvalue weighted by molar-refractivity contribution is -0.142. The third kappa shape index (κ3) is 4.15. The highest BCUT2D eigenvalue weighted by atomic mass is 32.2. The summed E-state index contributed by atoms with van der Waals surface area (Å²) in [5.74, 6) is -1.53. The second kappa shape index (κ2) is 6.84. The molecule has 2 atom stereocenters. The van der Waals surface area contributed by atoms with E-state index in [0.29, 0.717) is 32.4 Å². The van der Waals surface area contributed by atoms with Crippen LogP contribution >= 0.6 is 0 Å². The number of carboxylic acids is 1. The number of hydrogen-bond donors (Lipinski definition) is 2. The molecule has 7 nitrogen and oxygen atoms in total. The van der Waals surface area contributed by atoms with Crippen LogP contribution < -0.4 is 4.72 Å². The molecule has 2 aliphatic heterocycles. The fourth-order valence-electron chi connectivity index (χ4n) is 2.67. The molecule has 0 spiro atoms. The predicted octanol–water partition coefficient (Wildman–Crippen LogP) is 0.187. The summed E-state index contributed by atoms with van der Waals surface area (Å²) >= 11 is 0. The molecule has 0 radical (unpaired) electrons. The van der Waals surface area contributed by atoms with Gasteiger partial charge in [-0.15, -0.1) is 0 Å². The van der Waals surface area contributed by atoms with Crippen molar-refractivity contribution in [3.05, 3.63) is 0 Å². The van der Waals surface area contributed by atoms with Crippen molar-refractivity contribution in [2.24, 2.45) is 5.92 Å². The molecule has 8 heteroatoms. The summed E-state index contributed by atoms with van der Waals surface area (Å²) in [5.41, 5.74) is 0. The van der Waals surface area contributed by atoms with Crippen LogP contribution in [0, 0.1) is 5.92 Å². The van der Waals surface area contributed by atoms with Gasteiger partial charge in [0.1, 0.15) is 0 Å². The highest BCUT2D eigenvalue weighted by Gasteiger charge is 2.32. The molecule has 0 bridgehead atoms. The van der Waals surface area contributed by atoms with Crippen LogP contribution in [0.15, 0.2) is 0 Å². The van der Waals surface area contributed by atoms with Gasteiger partial charge in [-0.3, -0.25) is 4.79 Å². The van der Waals surface area contributed by atoms with Gasteiger partial charge >= 0.3 is 5.97 Å². The number of carbonyl (C=O) groups is 1. The van der Waals surface area contributed by atoms with Gasteiger partial charge in [-0.25, -0.2) is 4.72 Å². The molecule has 116 valence electrons. The van der Waals surface area contributed by atoms with E-state index in [4.69, 9.17) is 9.84 Å². The third-order valence-electron chi connectivity index (χ3n) is 3.85. The number of piperidine rings is 1. The lowest BCUT2D eigenvalue weighted by atomic mass is 10.0. The van der Waals surface area contributed by atoms with Gasteiger partial charge in [-0.05, 0) is 32.1 Å². The number of hydrogen-bond acceptors (Lipinski definition) is 4. The Morgan fingerprint density at radius 3 is 2.80 bits per heavy atom. The van der Waals surface area contributed by atoms with Crippen LogP contribution in [0.5, 0.6) is 0 Å². The van der Waals surface area contributed by atoms with E-state index in [-0.39, 0.29) is 12.6 Å². The topological polar surface area (TPSA) is 95.9 Å². The Kier molecular flexibility index (Phi) is 5.36. The van der Waals surface area contributed by atoms with Crippen molar-refractivity contribution < 1.29 is 23.1 Å². The fraction of sp³-hybridized carbons (Fsp3) is 0.917. The summed E-state index contributed by atoms with van der Waals surface area (Å²) in [6.45, 7) is 1.54. The Balaban J connectivity index is 1.80. The summed E-state index contributed by atoms with van der Waals surface area (Å²) in [7, 11) is -3.58. The standard InChI is InChI=1S/C12H22N2O5S/c15-12(16)10-3-1-7-14(9-10)20(17,18)13-6-5-11-4-2-8-19-11/h10-11,13H,1-9H2,(H,15,16). The van der Waals surface area contributed by atoms with E-state index in [1.54, 1.807) is 0 Å². The van der Waals surface area contributed by atoms with E-state index in [1.165, 1.54) is 4.31 Å². The minimum atomic E-state index is -3.58. The SMILES string of the molecule is O=C(O)C1CCCN(S(=O)(=O)NCCC2CCCO2)C1. The van der Waals surface area contributed by atoms with E-state index in [9.17, 15) is 13.2 Å². The molecule has 2 heterocycles. The molecule has 2 saturated heterocycles. The smallest absolute Gasteiger partial charge is 0.307 e. The maximum absolute atomic E-state index is 12.1. The highest BCUT2D eigenvalue weighted by Crippen LogP contribution is 2.19. The van der Waals surface area contributed by atoms with Crippen LogP contribution in [0.1, 0.15) is 32.1 Å². The maximum atomic E-state index is 12.1. The van der Waals surface area contributed by atoms with E-state index >= 15 is 0 Å². The van der Waals surface area contributed by atoms with Gasteiger partial charge < -0.3 is 9.84 Å². The zero-order valence-electron chi connectivity index (χ0n) is 11.5. The molecule has 0 aromatic carbocycles. The van der Waals surface area contributed by atoms with Crippen molar-refractivity contribution in [3.63, 3.8) is 0 Å². The first kappa shape index (κ1) is 15.7. The molecule has 0 aromatic heterocycles. The van der Waals surface area contributed by atoms with Crippen LogP contribution in [-0.4, -0.2) is 56.1 Å². The van der Waals surface area contributed by atoms with Crippen molar-refractivity contribution in [2.45, 2.75) is 38.2 Å². The van der Waals surface area contributed by atoms with Crippen molar-refractivity contribution in [1.82, 2.24) is 9.03 Å². The van der Waals surface area contributed by atoms with Gasteiger partial charge in [0, 0.05) is 26.2 Å². The summed E-state index contributed by atoms with van der Waals surface area (Å²) in [4.78, 5) is 11.0. The first-order valence-corrected chi connectivity index (χ1v) is 8.52. The van der Waals surface area contributed by atoms with Gasteiger partial charge in [-0.1, -0.05) is 0 Å². The summed E-state index contributed by atoms with van der Waals surface area (Å²) < 4.78 is 33.4. The van der Waals surface area contributed by atoms with Gasteiger partial charge in [0.05, 0.1) is 12.0 Å². The predicted molar refractivity (Wildman–Crippen MR) is 72.4 cm³/mol. The summed E-state index contributed by atoms with van der Waals surface area (Å²) in [6.07, 6.45) is 3.94. The van der Waals surface area contributed by atoms with Gasteiger partial charge in [0.15, 0.2) is 0 Å². The van der Waals surface area contributed by atoms with Crippen molar-refractivity contribution in [2.75, 3.05) is 26.2 Å². The van der Waals surface area contributed by atoms with Gasteiger partial charge in [0.2, 0.25) is 0 Å². The Bertz CT molecular complexity index is 433. The number of ether oxygens (including phenoxy) is 1. The molecule has 0 amide bonds. The Hall–Kier alpha value is -0.700. The molecule has 0 saturated carbocycles. The molecule has 2 unspecified atom stereocenters. The third-order valence-corrected chi connectivity index (χ3v) is 5.43. The van der Waals surface area contributed by atoms with Crippen molar-refractivity contribution >= 4 is 16.2 Å². The lowest BCUT2D eigenvalue weighted by Crippen LogP contribution is -2.47. The first-order chi connectivity index (χ1) is 9.49. The molecule has 2 aliphatic rings. The number of rotatable bonds is 6. The number of nitrogens with zero attached hydrogens (tertiary/aromatic N) is 1. The molecular weight excluding hydrogens is 284 g/mol. The average molecular weight is 306 g/mol. The quantitative estimate of drug-likeness (QED) is 0.730. The Labute approximate surface area is 119 Å². The zero-order chi connectivity index (χ0) is 14.6. The summed E-state index contributed by atoms with van der Waals surface area (Å²) in [6, 6.07) is 0. The van der Waals surface area contributed by atoms with Gasteiger partial charge in [0.25, 0.3) is 10.2 Å². The average Bonchev–Trinajstić information content (AvgIpc) is 2.92. The second-order valence-electron chi connectivity index (χ2n) is 5.36. The largest absolute Gasteiger partial charge is 0.481 e. The molecule has 2 rings (SSSR count). The summed E-state index contributed by atoms with van der Waals surface area (Å²) in [5, 5.41) is 8.98. The van der Waals surface area contributed by atoms with Crippen LogP contribution in [-0.2, 0) is 19.7 Å². The minimum Gasteiger partial charge on any atom is -0.481 e. The van der Waals surface area contributed by atoms with E-state index in [2.05, 4.69) is 4.72 Å². The van der Waals surface area contributed by atoms with E-state index < -0.39 is 22.1 Å². The molecule has 2 N–H and O–H groups in total. The van der Waals surface area contributed by atoms with Crippen LogP contribution in [0.4, 0.5) is 0 Å². The van der Waals surface area contributed by atoms with Crippen LogP contribution in [0.25, 0.3) is 0 Å².